The summed E-state index contributed by atoms with van der Waals surface area (Å²) >= 11 is 0. The van der Waals surface area contributed by atoms with Gasteiger partial charge in [-0.15, -0.1) is 0 Å². The summed E-state index contributed by atoms with van der Waals surface area (Å²) in [5, 5.41) is 28.8. The number of aromatic amines is 2. The summed E-state index contributed by atoms with van der Waals surface area (Å²) in [6.07, 6.45) is 2.74. The monoisotopic (exact) mass is 667 g/mol. The number of hydrogen-bond acceptors (Lipinski definition) is 7. The minimum absolute atomic E-state index is 0.0406. The fourth-order valence-electron chi connectivity index (χ4n) is 5.66. The average Bonchev–Trinajstić information content (AvgIpc) is 3.68. The van der Waals surface area contributed by atoms with Crippen molar-refractivity contribution in [3.63, 3.8) is 0 Å². The smallest absolute Gasteiger partial charge is 0.326 e. The van der Waals surface area contributed by atoms with E-state index in [1.54, 1.807) is 24.5 Å². The number of hydrogen-bond donors (Lipinski definition) is 9. The van der Waals surface area contributed by atoms with E-state index in [2.05, 4.69) is 25.9 Å². The molecule has 0 spiro atoms. The number of benzene rings is 3. The van der Waals surface area contributed by atoms with Crippen molar-refractivity contribution in [3.8, 4) is 5.75 Å². The Hall–Kier alpha value is -6.15. The number of nitrogens with one attached hydrogen (secondary N) is 5. The summed E-state index contributed by atoms with van der Waals surface area (Å²) in [5.74, 6) is -4.57. The van der Waals surface area contributed by atoms with E-state index in [-0.39, 0.29) is 25.0 Å². The predicted molar refractivity (Wildman–Crippen MR) is 181 cm³/mol. The summed E-state index contributed by atoms with van der Waals surface area (Å²) in [7, 11) is 0. The van der Waals surface area contributed by atoms with Crippen molar-refractivity contribution >= 4 is 51.4 Å². The van der Waals surface area contributed by atoms with Crippen molar-refractivity contribution in [2.45, 2.75) is 49.9 Å². The number of aromatic nitrogens is 2. The van der Waals surface area contributed by atoms with Crippen LogP contribution in [0.15, 0.2) is 85.2 Å². The molecule has 5 aromatic rings. The van der Waals surface area contributed by atoms with E-state index in [1.807, 2.05) is 48.5 Å². The van der Waals surface area contributed by atoms with Crippen molar-refractivity contribution in [2.24, 2.45) is 11.5 Å². The Morgan fingerprint density at radius 1 is 0.653 bits per heavy atom. The highest BCUT2D eigenvalue weighted by molar-refractivity contribution is 5.97. The van der Waals surface area contributed by atoms with Crippen molar-refractivity contribution in [1.82, 2.24) is 25.9 Å². The maximum absolute atomic E-state index is 13.8. The molecule has 254 valence electrons. The van der Waals surface area contributed by atoms with Gasteiger partial charge in [-0.1, -0.05) is 48.5 Å². The number of H-pyrrole nitrogens is 2. The van der Waals surface area contributed by atoms with E-state index in [0.717, 1.165) is 21.8 Å². The fourth-order valence-corrected chi connectivity index (χ4v) is 5.66. The van der Waals surface area contributed by atoms with Crippen LogP contribution < -0.4 is 27.4 Å². The lowest BCUT2D eigenvalue weighted by molar-refractivity contribution is -0.142. The molecule has 0 saturated heterocycles. The van der Waals surface area contributed by atoms with Crippen LogP contribution in [0.5, 0.6) is 5.75 Å². The Morgan fingerprint density at radius 2 is 1.14 bits per heavy atom. The third kappa shape index (κ3) is 8.61. The minimum Gasteiger partial charge on any atom is -0.508 e. The van der Waals surface area contributed by atoms with Crippen LogP contribution in [0.2, 0.25) is 0 Å². The van der Waals surface area contributed by atoms with Crippen LogP contribution in [0.25, 0.3) is 21.8 Å². The number of phenolic OH excluding ortho intramolecular Hbond substituents is 1. The molecule has 11 N–H and O–H groups in total. The molecule has 2 aromatic heterocycles. The Morgan fingerprint density at radius 3 is 1.69 bits per heavy atom. The number of nitrogens with two attached hydrogens (primary N) is 2. The molecule has 3 aromatic carbocycles. The molecule has 4 atom stereocenters. The van der Waals surface area contributed by atoms with Crippen molar-refractivity contribution < 1.29 is 34.2 Å². The summed E-state index contributed by atoms with van der Waals surface area (Å²) in [6, 6.07) is 15.4. The topological polar surface area (TPSA) is 246 Å². The number of rotatable bonds is 15. The van der Waals surface area contributed by atoms with Gasteiger partial charge < -0.3 is 47.6 Å². The normalized spacial score (nSPS) is 13.7. The number of carbonyl (C=O) groups excluding carboxylic acids is 4. The summed E-state index contributed by atoms with van der Waals surface area (Å²) in [6.45, 7) is 0. The van der Waals surface area contributed by atoms with Gasteiger partial charge in [0.1, 0.15) is 23.9 Å². The standard InChI is InChI=1S/C35H37N7O7/c36-25(13-19-9-11-22(43)12-10-19)32(45)40-29(16-31(37)44)34(47)41-28(14-20-17-38-26-7-3-1-5-23(20)26)33(46)42-30(35(48)49)15-21-18-39-27-8-4-2-6-24(21)27/h1-12,17-18,25,28-30,38-39,43H,13-16,36H2,(H2,37,44)(H,40,45)(H,41,47)(H,42,46)(H,48,49). The molecule has 14 heteroatoms. The van der Waals surface area contributed by atoms with Gasteiger partial charge >= 0.3 is 5.97 Å². The molecule has 0 saturated carbocycles. The molecule has 0 bridgehead atoms. The SMILES string of the molecule is NC(=O)CC(NC(=O)C(N)Cc1ccc(O)cc1)C(=O)NC(Cc1c[nH]c2ccccc12)C(=O)NC(Cc1c[nH]c2ccccc12)C(=O)O. The van der Waals surface area contributed by atoms with Crippen LogP contribution in [0.4, 0.5) is 0 Å². The van der Waals surface area contributed by atoms with Gasteiger partial charge in [0.2, 0.25) is 23.6 Å². The van der Waals surface area contributed by atoms with Crippen LogP contribution in [0.1, 0.15) is 23.1 Å². The second-order valence-electron chi connectivity index (χ2n) is 11.8. The van der Waals surface area contributed by atoms with E-state index >= 15 is 0 Å². The first-order valence-corrected chi connectivity index (χ1v) is 15.5. The first-order valence-electron chi connectivity index (χ1n) is 15.5. The van der Waals surface area contributed by atoms with Gasteiger partial charge in [-0.3, -0.25) is 19.2 Å². The van der Waals surface area contributed by atoms with Crippen LogP contribution >= 0.6 is 0 Å². The van der Waals surface area contributed by atoms with Crippen LogP contribution in [-0.2, 0) is 43.2 Å². The lowest BCUT2D eigenvalue weighted by atomic mass is 10.0. The Bertz CT molecular complexity index is 1990. The lowest BCUT2D eigenvalue weighted by Crippen LogP contribution is -2.58. The first kappa shape index (κ1) is 34.2. The van der Waals surface area contributed by atoms with Gasteiger partial charge in [0.15, 0.2) is 0 Å². The summed E-state index contributed by atoms with van der Waals surface area (Å²) in [5.41, 5.74) is 15.1. The van der Waals surface area contributed by atoms with Crippen LogP contribution in [-0.4, -0.2) is 73.9 Å². The number of primary amides is 1. The minimum atomic E-state index is -1.49. The molecule has 0 fully saturated rings. The number of carbonyl (C=O) groups is 5. The third-order valence-corrected chi connectivity index (χ3v) is 8.21. The first-order chi connectivity index (χ1) is 23.5. The molecule has 4 amide bonds. The van der Waals surface area contributed by atoms with Gasteiger partial charge in [-0.25, -0.2) is 4.79 Å². The van der Waals surface area contributed by atoms with Crippen molar-refractivity contribution in [3.05, 3.63) is 102 Å². The van der Waals surface area contributed by atoms with Crippen molar-refractivity contribution in [1.29, 1.82) is 0 Å². The Labute approximate surface area is 280 Å². The molecule has 2 heterocycles. The van der Waals surface area contributed by atoms with E-state index in [0.29, 0.717) is 16.7 Å². The molecule has 14 nitrogen and oxygen atoms in total. The molecular weight excluding hydrogens is 630 g/mol. The molecule has 0 radical (unpaired) electrons. The van der Waals surface area contributed by atoms with E-state index in [4.69, 9.17) is 11.5 Å². The summed E-state index contributed by atoms with van der Waals surface area (Å²) < 4.78 is 0. The molecule has 5 rings (SSSR count). The number of aliphatic carboxylic acids is 1. The zero-order chi connectivity index (χ0) is 35.1. The third-order valence-electron chi connectivity index (χ3n) is 8.21. The number of amides is 4. The number of carboxylic acid groups (broad SMARTS) is 1. The average molecular weight is 668 g/mol. The van der Waals surface area contributed by atoms with Gasteiger partial charge in [-0.2, -0.15) is 0 Å². The van der Waals surface area contributed by atoms with E-state index < -0.39 is 60.2 Å². The van der Waals surface area contributed by atoms with Crippen molar-refractivity contribution in [2.75, 3.05) is 0 Å². The Kier molecular flexibility index (Phi) is 10.6. The molecule has 4 unspecified atom stereocenters. The zero-order valence-corrected chi connectivity index (χ0v) is 26.3. The predicted octanol–water partition coefficient (Wildman–Crippen LogP) is 1.12. The number of phenols is 1. The van der Waals surface area contributed by atoms with Gasteiger partial charge in [0.25, 0.3) is 0 Å². The second kappa shape index (κ2) is 15.2. The Balaban J connectivity index is 1.36. The summed E-state index contributed by atoms with van der Waals surface area (Å²) in [4.78, 5) is 71.0. The maximum atomic E-state index is 13.8. The maximum Gasteiger partial charge on any atom is 0.326 e. The number of carboxylic acids is 1. The number of aromatic hydroxyl groups is 1. The lowest BCUT2D eigenvalue weighted by Gasteiger charge is -2.25. The number of para-hydroxylation sites is 2. The molecule has 0 aliphatic rings. The quantitative estimate of drug-likeness (QED) is 0.0781. The highest BCUT2D eigenvalue weighted by Gasteiger charge is 2.32. The van der Waals surface area contributed by atoms with Crippen LogP contribution in [0, 0.1) is 0 Å². The number of fused-ring (bicyclic) bond motifs is 2. The van der Waals surface area contributed by atoms with Gasteiger partial charge in [-0.05, 0) is 47.4 Å². The highest BCUT2D eigenvalue weighted by atomic mass is 16.4. The molecule has 0 aliphatic carbocycles. The van der Waals surface area contributed by atoms with E-state index in [9.17, 15) is 34.2 Å². The fraction of sp³-hybridized carbons (Fsp3) is 0.229. The molecule has 0 aliphatic heterocycles. The van der Waals surface area contributed by atoms with Gasteiger partial charge in [0.05, 0.1) is 12.5 Å². The van der Waals surface area contributed by atoms with E-state index in [1.165, 1.54) is 12.1 Å². The molecular formula is C35H37N7O7. The second-order valence-corrected chi connectivity index (χ2v) is 11.8. The van der Waals surface area contributed by atoms with Gasteiger partial charge in [0, 0.05) is 47.0 Å². The van der Waals surface area contributed by atoms with Crippen LogP contribution in [0.3, 0.4) is 0 Å². The zero-order valence-electron chi connectivity index (χ0n) is 26.3. The highest BCUT2D eigenvalue weighted by Crippen LogP contribution is 2.21. The largest absolute Gasteiger partial charge is 0.508 e. The molecule has 49 heavy (non-hydrogen) atoms.